The Balaban J connectivity index is 1.42. The molecule has 0 amide bonds. The molecule has 6 heteroatoms. The van der Waals surface area contributed by atoms with E-state index in [0.717, 1.165) is 48.3 Å². The lowest BCUT2D eigenvalue weighted by Crippen LogP contribution is -2.04. The lowest BCUT2D eigenvalue weighted by Gasteiger charge is -2.11. The summed E-state index contributed by atoms with van der Waals surface area (Å²) < 4.78 is 15.2. The second kappa shape index (κ2) is 5.65. The number of halogens is 1. The molecule has 25 heavy (non-hydrogen) atoms. The number of aromatic amines is 1. The molecule has 0 saturated heterocycles. The van der Waals surface area contributed by atoms with Gasteiger partial charge in [0.25, 0.3) is 0 Å². The highest BCUT2D eigenvalue weighted by Crippen LogP contribution is 2.39. The van der Waals surface area contributed by atoms with Crippen molar-refractivity contribution in [3.05, 3.63) is 59.9 Å². The molecule has 126 valence electrons. The van der Waals surface area contributed by atoms with Gasteiger partial charge in [-0.25, -0.2) is 9.37 Å². The van der Waals surface area contributed by atoms with Crippen molar-refractivity contribution in [1.29, 1.82) is 0 Å². The smallest absolute Gasteiger partial charge is 0.179 e. The van der Waals surface area contributed by atoms with E-state index in [1.165, 1.54) is 5.56 Å². The Morgan fingerprint density at radius 1 is 1.12 bits per heavy atom. The van der Waals surface area contributed by atoms with E-state index in [9.17, 15) is 4.39 Å². The highest BCUT2D eigenvalue weighted by Gasteiger charge is 2.29. The van der Waals surface area contributed by atoms with Gasteiger partial charge in [0.15, 0.2) is 11.3 Å². The standard InChI is InChI=1S/C19H18FN5/c20-15-5-2-12(3-6-15)9-13-1-4-14(10-13)19-24-23-17-11-22-18-16(25(17)19)7-8-21-18/h2-3,5-8,11,13-14,21H,1,4,9-10H2/t13-,14+/m0/s1. The summed E-state index contributed by atoms with van der Waals surface area (Å²) in [5, 5.41) is 8.78. The van der Waals surface area contributed by atoms with Gasteiger partial charge in [0.05, 0.1) is 11.7 Å². The Hall–Kier alpha value is -2.76. The topological polar surface area (TPSA) is 58.9 Å². The third kappa shape index (κ3) is 2.49. The number of nitrogens with one attached hydrogen (secondary N) is 1. The number of aromatic nitrogens is 5. The van der Waals surface area contributed by atoms with Crippen LogP contribution in [0, 0.1) is 11.7 Å². The van der Waals surface area contributed by atoms with E-state index in [4.69, 9.17) is 0 Å². The van der Waals surface area contributed by atoms with Gasteiger partial charge in [-0.2, -0.15) is 0 Å². The second-order valence-electron chi connectivity index (χ2n) is 6.93. The fourth-order valence-corrected chi connectivity index (χ4v) is 4.11. The fraction of sp³-hybridized carbons (Fsp3) is 0.316. The SMILES string of the molecule is Fc1ccc(C[C@@H]2CC[C@@H](c3nnc4cnc5[nH]ccc5n34)C2)cc1. The number of rotatable bonds is 3. The normalized spacial score (nSPS) is 20.7. The molecule has 5 rings (SSSR count). The number of hydrogen-bond acceptors (Lipinski definition) is 3. The first-order valence-corrected chi connectivity index (χ1v) is 8.69. The molecule has 1 saturated carbocycles. The zero-order chi connectivity index (χ0) is 16.8. The van der Waals surface area contributed by atoms with E-state index in [1.807, 2.05) is 24.4 Å². The summed E-state index contributed by atoms with van der Waals surface area (Å²) in [7, 11) is 0. The van der Waals surface area contributed by atoms with Crippen molar-refractivity contribution in [2.75, 3.05) is 0 Å². The number of nitrogens with zero attached hydrogens (tertiary/aromatic N) is 4. The van der Waals surface area contributed by atoms with Crippen molar-refractivity contribution >= 4 is 16.8 Å². The molecule has 0 unspecified atom stereocenters. The number of benzene rings is 1. The maximum atomic E-state index is 13.1. The van der Waals surface area contributed by atoms with E-state index in [0.29, 0.717) is 11.8 Å². The van der Waals surface area contributed by atoms with Gasteiger partial charge in [0.2, 0.25) is 0 Å². The van der Waals surface area contributed by atoms with Crippen LogP contribution in [0.25, 0.3) is 16.8 Å². The average molecular weight is 335 g/mol. The van der Waals surface area contributed by atoms with Gasteiger partial charge in [-0.1, -0.05) is 12.1 Å². The molecular weight excluding hydrogens is 317 g/mol. The summed E-state index contributed by atoms with van der Waals surface area (Å²) in [6, 6.07) is 8.90. The van der Waals surface area contributed by atoms with Gasteiger partial charge >= 0.3 is 0 Å². The predicted octanol–water partition coefficient (Wildman–Crippen LogP) is 3.87. The molecular formula is C19H18FN5. The molecule has 2 atom stereocenters. The minimum absolute atomic E-state index is 0.174. The summed E-state index contributed by atoms with van der Waals surface area (Å²) in [5.41, 5.74) is 3.88. The van der Waals surface area contributed by atoms with E-state index in [-0.39, 0.29) is 5.82 Å². The second-order valence-corrected chi connectivity index (χ2v) is 6.93. The minimum Gasteiger partial charge on any atom is -0.345 e. The first-order chi connectivity index (χ1) is 12.3. The van der Waals surface area contributed by atoms with Crippen LogP contribution < -0.4 is 0 Å². The maximum absolute atomic E-state index is 13.1. The van der Waals surface area contributed by atoms with E-state index in [2.05, 4.69) is 24.6 Å². The summed E-state index contributed by atoms with van der Waals surface area (Å²) in [4.78, 5) is 7.52. The molecule has 0 spiro atoms. The molecule has 1 N–H and O–H groups in total. The molecule has 0 radical (unpaired) electrons. The van der Waals surface area contributed by atoms with Crippen LogP contribution in [0.4, 0.5) is 4.39 Å². The molecule has 5 nitrogen and oxygen atoms in total. The van der Waals surface area contributed by atoms with Gasteiger partial charge in [-0.05, 0) is 55.4 Å². The minimum atomic E-state index is -0.174. The summed E-state index contributed by atoms with van der Waals surface area (Å²) >= 11 is 0. The van der Waals surface area contributed by atoms with Crippen molar-refractivity contribution in [3.63, 3.8) is 0 Å². The van der Waals surface area contributed by atoms with Crippen LogP contribution in [0.15, 0.2) is 42.7 Å². The molecule has 0 aliphatic heterocycles. The molecule has 1 fully saturated rings. The third-order valence-corrected chi connectivity index (χ3v) is 5.31. The van der Waals surface area contributed by atoms with Crippen LogP contribution in [-0.4, -0.2) is 24.6 Å². The summed E-state index contributed by atoms with van der Waals surface area (Å²) in [5.74, 6) is 1.86. The lowest BCUT2D eigenvalue weighted by molar-refractivity contribution is 0.529. The third-order valence-electron chi connectivity index (χ3n) is 5.31. The van der Waals surface area contributed by atoms with Crippen LogP contribution >= 0.6 is 0 Å². The maximum Gasteiger partial charge on any atom is 0.179 e. The van der Waals surface area contributed by atoms with Crippen LogP contribution in [-0.2, 0) is 6.42 Å². The van der Waals surface area contributed by atoms with Gasteiger partial charge in [0.1, 0.15) is 11.6 Å². The Morgan fingerprint density at radius 2 is 2.00 bits per heavy atom. The molecule has 0 bridgehead atoms. The molecule has 3 heterocycles. The Labute approximate surface area is 143 Å². The summed E-state index contributed by atoms with van der Waals surface area (Å²) in [6.45, 7) is 0. The first kappa shape index (κ1) is 14.6. The molecule has 1 aromatic carbocycles. The van der Waals surface area contributed by atoms with Crippen LogP contribution in [0.3, 0.4) is 0 Å². The Morgan fingerprint density at radius 3 is 2.88 bits per heavy atom. The van der Waals surface area contributed by atoms with Gasteiger partial charge in [-0.3, -0.25) is 4.40 Å². The monoisotopic (exact) mass is 335 g/mol. The van der Waals surface area contributed by atoms with Crippen LogP contribution in [0.2, 0.25) is 0 Å². The zero-order valence-electron chi connectivity index (χ0n) is 13.7. The predicted molar refractivity (Wildman–Crippen MR) is 92.8 cm³/mol. The Kier molecular flexibility index (Phi) is 3.29. The molecule has 1 aliphatic carbocycles. The highest BCUT2D eigenvalue weighted by molar-refractivity contribution is 5.74. The quantitative estimate of drug-likeness (QED) is 0.618. The fourth-order valence-electron chi connectivity index (χ4n) is 4.11. The molecule has 3 aromatic heterocycles. The van der Waals surface area contributed by atoms with Crippen molar-refractivity contribution in [2.24, 2.45) is 5.92 Å². The van der Waals surface area contributed by atoms with Gasteiger partial charge in [-0.15, -0.1) is 10.2 Å². The van der Waals surface area contributed by atoms with Crippen molar-refractivity contribution in [1.82, 2.24) is 24.6 Å². The number of fused-ring (bicyclic) bond motifs is 3. The van der Waals surface area contributed by atoms with Crippen LogP contribution in [0.5, 0.6) is 0 Å². The highest BCUT2D eigenvalue weighted by atomic mass is 19.1. The van der Waals surface area contributed by atoms with Crippen LogP contribution in [0.1, 0.15) is 36.6 Å². The van der Waals surface area contributed by atoms with E-state index >= 15 is 0 Å². The van der Waals surface area contributed by atoms with E-state index < -0.39 is 0 Å². The van der Waals surface area contributed by atoms with Gasteiger partial charge in [0, 0.05) is 12.1 Å². The van der Waals surface area contributed by atoms with Crippen molar-refractivity contribution < 1.29 is 4.39 Å². The first-order valence-electron chi connectivity index (χ1n) is 8.69. The zero-order valence-corrected chi connectivity index (χ0v) is 13.7. The van der Waals surface area contributed by atoms with Gasteiger partial charge < -0.3 is 4.98 Å². The number of hydrogen-bond donors (Lipinski definition) is 1. The lowest BCUT2D eigenvalue weighted by atomic mass is 9.96. The average Bonchev–Trinajstić information content (AvgIpc) is 3.34. The van der Waals surface area contributed by atoms with E-state index in [1.54, 1.807) is 18.3 Å². The summed E-state index contributed by atoms with van der Waals surface area (Å²) in [6.07, 6.45) is 8.02. The molecule has 1 aliphatic rings. The largest absolute Gasteiger partial charge is 0.345 e. The number of H-pyrrole nitrogens is 1. The molecule has 4 aromatic rings. The van der Waals surface area contributed by atoms with Crippen molar-refractivity contribution in [2.45, 2.75) is 31.6 Å². The van der Waals surface area contributed by atoms with Crippen molar-refractivity contribution in [3.8, 4) is 0 Å². The Bertz CT molecular complexity index is 1030.